The van der Waals surface area contributed by atoms with Crippen molar-refractivity contribution in [3.63, 3.8) is 0 Å². The van der Waals surface area contributed by atoms with E-state index >= 15 is 0 Å². The van der Waals surface area contributed by atoms with Crippen LogP contribution in [0.2, 0.25) is 5.02 Å². The van der Waals surface area contributed by atoms with Crippen LogP contribution in [0.3, 0.4) is 0 Å². The quantitative estimate of drug-likeness (QED) is 0.0987. The van der Waals surface area contributed by atoms with Crippen LogP contribution in [0.5, 0.6) is 0 Å². The number of fused-ring (bicyclic) bond motifs is 2. The number of nitrogens with one attached hydrogen (secondary N) is 2. The van der Waals surface area contributed by atoms with Gasteiger partial charge in [-0.15, -0.1) is 0 Å². The molecule has 4 rings (SSSR count). The van der Waals surface area contributed by atoms with Gasteiger partial charge in [0.1, 0.15) is 6.54 Å². The maximum atomic E-state index is 14.4. The molecule has 13 heteroatoms. The number of carbonyl (C=O) groups excluding carboxylic acids is 1. The minimum Gasteiger partial charge on any atom is -1.00 e. The number of halogens is 6. The van der Waals surface area contributed by atoms with Crippen LogP contribution in [-0.2, 0) is 14.4 Å². The topological polar surface area (TPSA) is 79.5 Å². The number of oxime groups is 1. The third-order valence-electron chi connectivity index (χ3n) is 5.85. The number of ether oxygens (including phenoxy) is 1. The van der Waals surface area contributed by atoms with Gasteiger partial charge >= 0.3 is 12.1 Å². The largest absolute Gasteiger partial charge is 1.00 e. The number of hydrogen-bond acceptors (Lipinski definition) is 4. The molecule has 0 aliphatic rings. The lowest BCUT2D eigenvalue weighted by Crippen LogP contribution is -3.00. The molecule has 0 radical (unpaired) electrons. The number of methoxy groups -OCH3 is 1. The molecule has 38 heavy (non-hydrogen) atoms. The minimum atomic E-state index is -4.82. The number of aromatic amines is 2. The molecule has 4 aromatic rings. The monoisotopic (exact) mass is 678 g/mol. The van der Waals surface area contributed by atoms with Gasteiger partial charge in [-0.2, -0.15) is 13.2 Å². The van der Waals surface area contributed by atoms with Crippen LogP contribution in [0.4, 0.5) is 13.2 Å². The molecular formula is C25H24Br2ClF3N4O3. The smallest absolute Gasteiger partial charge is 0.437 e. The lowest BCUT2D eigenvalue weighted by Gasteiger charge is -2.27. The summed E-state index contributed by atoms with van der Waals surface area (Å²) in [5, 5.41) is 5.16. The van der Waals surface area contributed by atoms with Crippen LogP contribution >= 0.6 is 27.5 Å². The third-order valence-corrected chi connectivity index (χ3v) is 6.57. The molecule has 0 saturated carbocycles. The molecular weight excluding hydrogens is 657 g/mol. The van der Waals surface area contributed by atoms with Crippen molar-refractivity contribution in [1.29, 1.82) is 0 Å². The van der Waals surface area contributed by atoms with E-state index in [1.54, 1.807) is 56.6 Å². The summed E-state index contributed by atoms with van der Waals surface area (Å²) < 4.78 is 48.7. The second-order valence-corrected chi connectivity index (χ2v) is 10.5. The Kier molecular flexibility index (Phi) is 9.23. The minimum absolute atomic E-state index is 0. The van der Waals surface area contributed by atoms with Gasteiger partial charge in [0.15, 0.2) is 18.9 Å². The van der Waals surface area contributed by atoms with Crippen molar-refractivity contribution in [3.05, 3.63) is 57.5 Å². The first kappa shape index (κ1) is 30.0. The molecule has 0 aliphatic heterocycles. The van der Waals surface area contributed by atoms with E-state index in [-0.39, 0.29) is 52.4 Å². The molecule has 2 N–H and O–H groups in total. The zero-order valence-corrected chi connectivity index (χ0v) is 24.5. The highest BCUT2D eigenvalue weighted by Gasteiger charge is 2.41. The van der Waals surface area contributed by atoms with E-state index in [1.165, 1.54) is 7.11 Å². The Morgan fingerprint density at radius 2 is 1.84 bits per heavy atom. The van der Waals surface area contributed by atoms with Crippen molar-refractivity contribution < 1.29 is 49.0 Å². The second-order valence-electron chi connectivity index (χ2n) is 9.14. The fourth-order valence-corrected chi connectivity index (χ4v) is 4.53. The van der Waals surface area contributed by atoms with E-state index in [0.29, 0.717) is 26.1 Å². The normalized spacial score (nSPS) is 12.6. The van der Waals surface area contributed by atoms with Crippen LogP contribution in [0.1, 0.15) is 5.56 Å². The molecule has 0 bridgehead atoms. The first-order valence-electron chi connectivity index (χ1n) is 11.1. The zero-order valence-electron chi connectivity index (χ0n) is 20.5. The van der Waals surface area contributed by atoms with E-state index in [0.717, 1.165) is 10.9 Å². The second kappa shape index (κ2) is 11.7. The summed E-state index contributed by atoms with van der Waals surface area (Å²) in [6.07, 6.45) is -4.82. The number of hydrogen-bond donors (Lipinski definition) is 2. The first-order valence-corrected chi connectivity index (χ1v) is 12.3. The van der Waals surface area contributed by atoms with E-state index in [2.05, 4.69) is 35.8 Å². The summed E-state index contributed by atoms with van der Waals surface area (Å²) in [6.45, 7) is 0.138. The van der Waals surface area contributed by atoms with Crippen LogP contribution in [0, 0.1) is 0 Å². The molecule has 0 spiro atoms. The molecule has 0 amide bonds. The molecule has 2 aromatic heterocycles. The van der Waals surface area contributed by atoms with Gasteiger partial charge < -0.3 is 41.0 Å². The molecule has 0 saturated heterocycles. The average Bonchev–Trinajstić information content (AvgIpc) is 3.38. The molecule has 2 aromatic carbocycles. The summed E-state index contributed by atoms with van der Waals surface area (Å²) in [5.74, 6) is -0.432. The van der Waals surface area contributed by atoms with Gasteiger partial charge in [0.05, 0.1) is 32.6 Å². The fraction of sp³-hybridized carbons (Fsp3) is 0.280. The standard InChI is InChI=1S/C25H24BrClF3N4O3.BrH/c1-34(2,13-21(35)36-3)8-9-37-33-24(25(28,29)30)22-17-6-4-15(26)12-19(17)32-23(22)20-11-14-10-16(27)5-7-18(14)31-20;/h4-7,10-12,31-32H,8-9,13H2,1-3H3;1H/q+1;/p-1. The fourth-order valence-electron chi connectivity index (χ4n) is 3.99. The highest BCUT2D eigenvalue weighted by Crippen LogP contribution is 2.37. The summed E-state index contributed by atoms with van der Waals surface area (Å²) in [4.78, 5) is 23.0. The number of aromatic nitrogens is 2. The summed E-state index contributed by atoms with van der Waals surface area (Å²) in [5.41, 5.74) is 0.540. The Morgan fingerprint density at radius 3 is 2.53 bits per heavy atom. The zero-order chi connectivity index (χ0) is 27.0. The molecule has 0 atom stereocenters. The van der Waals surface area contributed by atoms with Gasteiger partial charge in [0.2, 0.25) is 0 Å². The number of benzene rings is 2. The van der Waals surface area contributed by atoms with Crippen molar-refractivity contribution in [1.82, 2.24) is 9.97 Å². The van der Waals surface area contributed by atoms with Gasteiger partial charge in [0, 0.05) is 36.9 Å². The number of H-pyrrole nitrogens is 2. The molecule has 0 aliphatic carbocycles. The summed E-state index contributed by atoms with van der Waals surface area (Å²) >= 11 is 9.47. The van der Waals surface area contributed by atoms with Crippen molar-refractivity contribution in [2.45, 2.75) is 6.18 Å². The molecule has 0 fully saturated rings. The van der Waals surface area contributed by atoms with Crippen LogP contribution < -0.4 is 17.0 Å². The SMILES string of the molecule is COC(=O)C[N+](C)(C)CCON=C(c1c(-c2cc3cc(Cl)ccc3[nH]2)[nH]c2cc(Br)ccc12)C(F)(F)F.[Br-]. The van der Waals surface area contributed by atoms with Crippen molar-refractivity contribution in [2.75, 3.05) is 40.9 Å². The number of esters is 1. The number of quaternary nitrogens is 1. The van der Waals surface area contributed by atoms with Crippen molar-refractivity contribution in [2.24, 2.45) is 5.16 Å². The maximum absolute atomic E-state index is 14.4. The van der Waals surface area contributed by atoms with Gasteiger partial charge in [-0.05, 0) is 36.4 Å². The molecule has 0 unspecified atom stereocenters. The van der Waals surface area contributed by atoms with Crippen LogP contribution in [0.25, 0.3) is 33.2 Å². The van der Waals surface area contributed by atoms with Gasteiger partial charge in [-0.1, -0.05) is 38.8 Å². The third kappa shape index (κ3) is 6.71. The van der Waals surface area contributed by atoms with E-state index in [4.69, 9.17) is 16.4 Å². The lowest BCUT2D eigenvalue weighted by molar-refractivity contribution is -0.883. The summed E-state index contributed by atoms with van der Waals surface area (Å²) in [7, 11) is 4.76. The number of carbonyl (C=O) groups is 1. The Labute approximate surface area is 240 Å². The number of alkyl halides is 3. The molecule has 204 valence electrons. The van der Waals surface area contributed by atoms with Crippen molar-refractivity contribution in [3.8, 4) is 11.4 Å². The number of nitrogens with zero attached hydrogens (tertiary/aromatic N) is 2. The predicted molar refractivity (Wildman–Crippen MR) is 141 cm³/mol. The maximum Gasteiger partial charge on any atom is 0.437 e. The van der Waals surface area contributed by atoms with Crippen molar-refractivity contribution >= 4 is 61.0 Å². The Morgan fingerprint density at radius 1 is 1.11 bits per heavy atom. The van der Waals surface area contributed by atoms with Crippen LogP contribution in [0.15, 0.2) is 52.1 Å². The van der Waals surface area contributed by atoms with Crippen LogP contribution in [-0.4, -0.2) is 73.2 Å². The first-order chi connectivity index (χ1) is 17.4. The van der Waals surface area contributed by atoms with E-state index in [1.807, 2.05) is 0 Å². The average molecular weight is 681 g/mol. The highest BCUT2D eigenvalue weighted by molar-refractivity contribution is 9.10. The molecule has 7 nitrogen and oxygen atoms in total. The van der Waals surface area contributed by atoms with Gasteiger partial charge in [-0.25, -0.2) is 4.79 Å². The Bertz CT molecular complexity index is 1500. The summed E-state index contributed by atoms with van der Waals surface area (Å²) in [6, 6.07) is 11.9. The van der Waals surface area contributed by atoms with E-state index < -0.39 is 17.9 Å². The van der Waals surface area contributed by atoms with Gasteiger partial charge in [0.25, 0.3) is 0 Å². The molecule has 2 heterocycles. The highest BCUT2D eigenvalue weighted by atomic mass is 79.9. The Hall–Kier alpha value is -2.54. The van der Waals surface area contributed by atoms with E-state index in [9.17, 15) is 18.0 Å². The van der Waals surface area contributed by atoms with Gasteiger partial charge in [-0.3, -0.25) is 0 Å². The Balaban J connectivity index is 0.00000400. The lowest BCUT2D eigenvalue weighted by atomic mass is 10.0. The predicted octanol–water partition coefficient (Wildman–Crippen LogP) is 3.27. The number of likely N-dealkylation sites (N-methyl/N-ethyl adjacent to an activating group) is 1. The number of rotatable bonds is 8.